The highest BCUT2D eigenvalue weighted by Gasteiger charge is 2.18. The summed E-state index contributed by atoms with van der Waals surface area (Å²) in [5.74, 6) is 1.11. The summed E-state index contributed by atoms with van der Waals surface area (Å²) >= 11 is 0. The van der Waals surface area contributed by atoms with Crippen LogP contribution in [0.15, 0.2) is 16.8 Å². The van der Waals surface area contributed by atoms with Gasteiger partial charge in [0.25, 0.3) is 5.91 Å². The summed E-state index contributed by atoms with van der Waals surface area (Å²) < 4.78 is 4.88. The maximum atomic E-state index is 11.9. The smallest absolute Gasteiger partial charge is 0.274 e. The molecule has 0 fully saturated rings. The number of H-pyrrole nitrogens is 1. The van der Waals surface area contributed by atoms with Gasteiger partial charge in [-0.3, -0.25) is 4.79 Å². The molecule has 2 heterocycles. The van der Waals surface area contributed by atoms with E-state index >= 15 is 0 Å². The maximum Gasteiger partial charge on any atom is 0.274 e. The normalized spacial score (nSPS) is 12.4. The van der Waals surface area contributed by atoms with Crippen LogP contribution in [0.3, 0.4) is 0 Å². The third-order valence-corrected chi connectivity index (χ3v) is 2.63. The molecule has 2 rings (SSSR count). The lowest BCUT2D eigenvalue weighted by molar-refractivity contribution is 0.0924. The van der Waals surface area contributed by atoms with E-state index in [4.69, 9.17) is 4.52 Å². The first-order chi connectivity index (χ1) is 8.60. The fourth-order valence-electron chi connectivity index (χ4n) is 1.68. The van der Waals surface area contributed by atoms with Gasteiger partial charge in [-0.25, -0.2) is 4.98 Å². The van der Waals surface area contributed by atoms with Gasteiger partial charge in [-0.1, -0.05) is 12.1 Å². The summed E-state index contributed by atoms with van der Waals surface area (Å²) in [5, 5.41) is 6.56. The van der Waals surface area contributed by atoms with Crippen molar-refractivity contribution in [3.63, 3.8) is 0 Å². The highest BCUT2D eigenvalue weighted by molar-refractivity contribution is 5.92. The molecule has 0 aliphatic carbocycles. The summed E-state index contributed by atoms with van der Waals surface area (Å²) in [6.07, 6.45) is 2.49. The third-order valence-electron chi connectivity index (χ3n) is 2.63. The number of aryl methyl sites for hydroxylation is 2. The molecule has 2 N–H and O–H groups in total. The second-order valence-corrected chi connectivity index (χ2v) is 4.21. The van der Waals surface area contributed by atoms with Gasteiger partial charge in [0, 0.05) is 18.0 Å². The van der Waals surface area contributed by atoms with Gasteiger partial charge in [0.1, 0.15) is 11.6 Å². The lowest BCUT2D eigenvalue weighted by atomic mass is 10.2. The van der Waals surface area contributed by atoms with Crippen molar-refractivity contribution in [3.8, 4) is 0 Å². The fourth-order valence-corrected chi connectivity index (χ4v) is 1.68. The standard InChI is InChI=1S/C12H16N4O2/c1-4-9(11-13-6-7(2)14-11)15-12(17)10-5-8(3)18-16-10/h5-6,9H,4H2,1-3H3,(H,13,14)(H,15,17)/t9-/m1/s1. The molecule has 96 valence electrons. The Morgan fingerprint density at radius 3 is 2.83 bits per heavy atom. The van der Waals surface area contributed by atoms with Crippen LogP contribution in [-0.2, 0) is 0 Å². The van der Waals surface area contributed by atoms with Crippen molar-refractivity contribution >= 4 is 5.91 Å². The van der Waals surface area contributed by atoms with Gasteiger partial charge < -0.3 is 14.8 Å². The molecule has 0 radical (unpaired) electrons. The van der Waals surface area contributed by atoms with Gasteiger partial charge in [-0.2, -0.15) is 0 Å². The van der Waals surface area contributed by atoms with Crippen molar-refractivity contribution in [1.29, 1.82) is 0 Å². The molecule has 2 aromatic heterocycles. The molecule has 18 heavy (non-hydrogen) atoms. The van der Waals surface area contributed by atoms with Gasteiger partial charge in [-0.05, 0) is 20.3 Å². The van der Waals surface area contributed by atoms with E-state index < -0.39 is 0 Å². The molecule has 0 bridgehead atoms. The third kappa shape index (κ3) is 2.58. The number of amides is 1. The average molecular weight is 248 g/mol. The molecular weight excluding hydrogens is 232 g/mol. The largest absolute Gasteiger partial charge is 0.361 e. The molecule has 6 heteroatoms. The van der Waals surface area contributed by atoms with Crippen LogP contribution in [0.2, 0.25) is 0 Å². The molecule has 1 atom stereocenters. The predicted molar refractivity (Wildman–Crippen MR) is 65.1 cm³/mol. The van der Waals surface area contributed by atoms with Crippen LogP contribution in [0.25, 0.3) is 0 Å². The number of hydrogen-bond donors (Lipinski definition) is 2. The van der Waals surface area contributed by atoms with E-state index in [9.17, 15) is 4.79 Å². The lowest BCUT2D eigenvalue weighted by Gasteiger charge is -2.13. The number of nitrogens with zero attached hydrogens (tertiary/aromatic N) is 2. The van der Waals surface area contributed by atoms with E-state index in [2.05, 4.69) is 20.4 Å². The number of hydrogen-bond acceptors (Lipinski definition) is 4. The van der Waals surface area contributed by atoms with Crippen LogP contribution in [0, 0.1) is 13.8 Å². The first-order valence-electron chi connectivity index (χ1n) is 5.85. The molecule has 1 amide bonds. The summed E-state index contributed by atoms with van der Waals surface area (Å²) in [6.45, 7) is 5.65. The molecule has 0 spiro atoms. The molecule has 0 aliphatic heterocycles. The Hall–Kier alpha value is -2.11. The zero-order chi connectivity index (χ0) is 13.1. The van der Waals surface area contributed by atoms with Crippen molar-refractivity contribution in [2.45, 2.75) is 33.2 Å². The molecule has 0 aromatic carbocycles. The first kappa shape index (κ1) is 12.3. The number of carbonyl (C=O) groups is 1. The predicted octanol–water partition coefficient (Wildman–Crippen LogP) is 1.90. The molecule has 0 unspecified atom stereocenters. The molecule has 0 saturated heterocycles. The molecule has 2 aromatic rings. The Morgan fingerprint density at radius 2 is 2.33 bits per heavy atom. The molecule has 0 saturated carbocycles. The van der Waals surface area contributed by atoms with E-state index in [1.807, 2.05) is 13.8 Å². The minimum Gasteiger partial charge on any atom is -0.361 e. The van der Waals surface area contributed by atoms with Gasteiger partial charge >= 0.3 is 0 Å². The van der Waals surface area contributed by atoms with Gasteiger partial charge in [-0.15, -0.1) is 0 Å². The number of nitrogens with one attached hydrogen (secondary N) is 2. The number of rotatable bonds is 4. The summed E-state index contributed by atoms with van der Waals surface area (Å²) in [4.78, 5) is 19.3. The van der Waals surface area contributed by atoms with Crippen LogP contribution in [-0.4, -0.2) is 21.0 Å². The maximum absolute atomic E-state index is 11.9. The van der Waals surface area contributed by atoms with Gasteiger partial charge in [0.05, 0.1) is 6.04 Å². The number of aromatic amines is 1. The Labute approximate surface area is 105 Å². The summed E-state index contributed by atoms with van der Waals surface area (Å²) in [5.41, 5.74) is 1.25. The average Bonchev–Trinajstić information content (AvgIpc) is 2.94. The van der Waals surface area contributed by atoms with Gasteiger partial charge in [0.2, 0.25) is 0 Å². The quantitative estimate of drug-likeness (QED) is 0.865. The van der Waals surface area contributed by atoms with E-state index in [1.54, 1.807) is 19.2 Å². The van der Waals surface area contributed by atoms with Crippen molar-refractivity contribution in [3.05, 3.63) is 35.2 Å². The fraction of sp³-hybridized carbons (Fsp3) is 0.417. The Bertz CT molecular complexity index is 544. The Kier molecular flexibility index (Phi) is 3.45. The van der Waals surface area contributed by atoms with Crippen molar-refractivity contribution in [2.24, 2.45) is 0 Å². The zero-order valence-corrected chi connectivity index (χ0v) is 10.7. The number of imidazole rings is 1. The summed E-state index contributed by atoms with van der Waals surface area (Å²) in [6, 6.07) is 1.46. The van der Waals surface area contributed by atoms with Crippen LogP contribution >= 0.6 is 0 Å². The second kappa shape index (κ2) is 5.03. The van der Waals surface area contributed by atoms with E-state index in [0.29, 0.717) is 5.76 Å². The van der Waals surface area contributed by atoms with Crippen LogP contribution < -0.4 is 5.32 Å². The highest BCUT2D eigenvalue weighted by Crippen LogP contribution is 2.14. The van der Waals surface area contributed by atoms with Crippen LogP contribution in [0.5, 0.6) is 0 Å². The minimum atomic E-state index is -0.257. The number of carbonyl (C=O) groups excluding carboxylic acids is 1. The highest BCUT2D eigenvalue weighted by atomic mass is 16.5. The minimum absolute atomic E-state index is 0.150. The monoisotopic (exact) mass is 248 g/mol. The van der Waals surface area contributed by atoms with Crippen molar-refractivity contribution < 1.29 is 9.32 Å². The number of aromatic nitrogens is 3. The van der Waals surface area contributed by atoms with Crippen LogP contribution in [0.1, 0.15) is 47.2 Å². The zero-order valence-electron chi connectivity index (χ0n) is 10.7. The molecular formula is C12H16N4O2. The Balaban J connectivity index is 2.09. The molecule has 0 aliphatic rings. The molecule has 6 nitrogen and oxygen atoms in total. The topological polar surface area (TPSA) is 83.8 Å². The van der Waals surface area contributed by atoms with Crippen LogP contribution in [0.4, 0.5) is 0 Å². The van der Waals surface area contributed by atoms with Crippen molar-refractivity contribution in [2.75, 3.05) is 0 Å². The Morgan fingerprint density at radius 1 is 1.56 bits per heavy atom. The SMILES string of the molecule is CC[C@@H](NC(=O)c1cc(C)on1)c1ncc(C)[nH]1. The van der Waals surface area contributed by atoms with E-state index in [1.165, 1.54) is 0 Å². The van der Waals surface area contributed by atoms with E-state index in [-0.39, 0.29) is 17.6 Å². The van der Waals surface area contributed by atoms with E-state index in [0.717, 1.165) is 17.9 Å². The summed E-state index contributed by atoms with van der Waals surface area (Å²) in [7, 11) is 0. The van der Waals surface area contributed by atoms with Crippen molar-refractivity contribution in [1.82, 2.24) is 20.4 Å². The van der Waals surface area contributed by atoms with Gasteiger partial charge in [0.15, 0.2) is 5.69 Å². The first-order valence-corrected chi connectivity index (χ1v) is 5.85. The second-order valence-electron chi connectivity index (χ2n) is 4.21. The lowest BCUT2D eigenvalue weighted by Crippen LogP contribution is -2.29.